The predicted molar refractivity (Wildman–Crippen MR) is 149 cm³/mol. The molecule has 0 bridgehead atoms. The standard InChI is InChI=1S/C29H26ClFN4O3S/c1-3-39-29-33-28-32-18(2)25(27(36)38-16-19-8-5-4-6-9-19)26(35(28)34-29)20-12-14-21(15-13-20)37-17-22-23(30)10-7-11-24(22)31/h4-15,26H,3,16-17H2,1-2H3,(H,32,33,34). The lowest BCUT2D eigenvalue weighted by molar-refractivity contribution is -0.140. The van der Waals surface area contributed by atoms with Crippen molar-refractivity contribution in [3.63, 3.8) is 0 Å². The van der Waals surface area contributed by atoms with Crippen molar-refractivity contribution in [1.29, 1.82) is 0 Å². The van der Waals surface area contributed by atoms with Gasteiger partial charge >= 0.3 is 5.97 Å². The van der Waals surface area contributed by atoms with Crippen LogP contribution in [0.4, 0.5) is 10.3 Å². The number of hydrogen-bond donors (Lipinski definition) is 1. The third kappa shape index (κ3) is 5.94. The first kappa shape index (κ1) is 26.8. The van der Waals surface area contributed by atoms with Crippen LogP contribution in [0, 0.1) is 5.82 Å². The second kappa shape index (κ2) is 11.9. The van der Waals surface area contributed by atoms with E-state index in [0.29, 0.717) is 33.1 Å². The summed E-state index contributed by atoms with van der Waals surface area (Å²) in [5, 5.41) is 8.80. The summed E-state index contributed by atoms with van der Waals surface area (Å²) in [5.41, 5.74) is 3.04. The number of ether oxygens (including phenoxy) is 2. The molecule has 3 aromatic carbocycles. The molecule has 5 rings (SSSR count). The Morgan fingerprint density at radius 3 is 2.56 bits per heavy atom. The summed E-state index contributed by atoms with van der Waals surface area (Å²) in [6.07, 6.45) is 0. The lowest BCUT2D eigenvalue weighted by Gasteiger charge is -2.28. The highest BCUT2D eigenvalue weighted by Crippen LogP contribution is 2.37. The smallest absolute Gasteiger partial charge is 0.338 e. The van der Waals surface area contributed by atoms with Gasteiger partial charge in [0.15, 0.2) is 0 Å². The lowest BCUT2D eigenvalue weighted by atomic mass is 9.95. The fourth-order valence-electron chi connectivity index (χ4n) is 4.27. The lowest BCUT2D eigenvalue weighted by Crippen LogP contribution is -2.29. The second-order valence-electron chi connectivity index (χ2n) is 8.78. The molecular formula is C29H26ClFN4O3S. The number of nitrogens with zero attached hydrogens (tertiary/aromatic N) is 3. The number of carbonyl (C=O) groups is 1. The van der Waals surface area contributed by atoms with E-state index in [2.05, 4.69) is 15.4 Å². The molecule has 0 radical (unpaired) electrons. The van der Waals surface area contributed by atoms with Crippen LogP contribution in [0.1, 0.15) is 36.6 Å². The summed E-state index contributed by atoms with van der Waals surface area (Å²) in [4.78, 5) is 18.0. The zero-order valence-corrected chi connectivity index (χ0v) is 22.9. The number of allylic oxidation sites excluding steroid dienone is 1. The highest BCUT2D eigenvalue weighted by molar-refractivity contribution is 7.99. The van der Waals surface area contributed by atoms with Crippen LogP contribution < -0.4 is 10.1 Å². The molecule has 200 valence electrons. The third-order valence-corrected chi connectivity index (χ3v) is 7.25. The van der Waals surface area contributed by atoms with Gasteiger partial charge in [-0.25, -0.2) is 13.9 Å². The predicted octanol–water partition coefficient (Wildman–Crippen LogP) is 6.79. The minimum absolute atomic E-state index is 0.0148. The first-order chi connectivity index (χ1) is 18.9. The van der Waals surface area contributed by atoms with Crippen molar-refractivity contribution in [3.8, 4) is 5.75 Å². The van der Waals surface area contributed by atoms with Crippen LogP contribution in [0.2, 0.25) is 5.02 Å². The summed E-state index contributed by atoms with van der Waals surface area (Å²) in [7, 11) is 0. The van der Waals surface area contributed by atoms with Gasteiger partial charge in [0.2, 0.25) is 11.1 Å². The first-order valence-electron chi connectivity index (χ1n) is 12.4. The molecule has 0 fully saturated rings. The maximum atomic E-state index is 14.1. The van der Waals surface area contributed by atoms with E-state index < -0.39 is 17.8 Å². The number of fused-ring (bicyclic) bond motifs is 1. The van der Waals surface area contributed by atoms with Crippen LogP contribution in [-0.2, 0) is 22.7 Å². The van der Waals surface area contributed by atoms with Gasteiger partial charge in [0, 0.05) is 11.3 Å². The van der Waals surface area contributed by atoms with Crippen LogP contribution in [0.25, 0.3) is 0 Å². The number of nitrogens with one attached hydrogen (secondary N) is 1. The molecule has 4 aromatic rings. The third-order valence-electron chi connectivity index (χ3n) is 6.18. The van der Waals surface area contributed by atoms with Gasteiger partial charge < -0.3 is 14.8 Å². The molecule has 10 heteroatoms. The molecule has 0 aliphatic carbocycles. The largest absolute Gasteiger partial charge is 0.489 e. The van der Waals surface area contributed by atoms with E-state index in [1.165, 1.54) is 17.8 Å². The van der Waals surface area contributed by atoms with Crippen LogP contribution in [0.15, 0.2) is 89.2 Å². The number of hydrogen-bond acceptors (Lipinski definition) is 7. The summed E-state index contributed by atoms with van der Waals surface area (Å²) in [6.45, 7) is 3.99. The SMILES string of the molecule is CCSc1nc2n(n1)C(c1ccc(OCc3c(F)cccc3Cl)cc1)C(C(=O)OCc1ccccc1)=C(C)N2. The van der Waals surface area contributed by atoms with Crippen molar-refractivity contribution in [3.05, 3.63) is 112 Å². The van der Waals surface area contributed by atoms with Crippen LogP contribution in [0.5, 0.6) is 5.75 Å². The van der Waals surface area contributed by atoms with Crippen LogP contribution in [0.3, 0.4) is 0 Å². The number of aromatic nitrogens is 3. The highest BCUT2D eigenvalue weighted by Gasteiger charge is 2.35. The van der Waals surface area contributed by atoms with Gasteiger partial charge in [-0.05, 0) is 48.1 Å². The molecule has 0 saturated carbocycles. The Bertz CT molecular complexity index is 1490. The monoisotopic (exact) mass is 564 g/mol. The first-order valence-corrected chi connectivity index (χ1v) is 13.7. The number of halogens is 2. The summed E-state index contributed by atoms with van der Waals surface area (Å²) in [6, 6.07) is 20.7. The fourth-order valence-corrected chi connectivity index (χ4v) is 5.04. The van der Waals surface area contributed by atoms with Crippen LogP contribution in [-0.4, -0.2) is 26.5 Å². The summed E-state index contributed by atoms with van der Waals surface area (Å²) < 4.78 is 27.4. The molecule has 1 aliphatic heterocycles. The van der Waals surface area contributed by atoms with Gasteiger partial charge in [-0.2, -0.15) is 4.98 Å². The maximum Gasteiger partial charge on any atom is 0.338 e. The molecular weight excluding hydrogens is 539 g/mol. The molecule has 1 aliphatic rings. The molecule has 0 amide bonds. The molecule has 1 unspecified atom stereocenters. The Morgan fingerprint density at radius 2 is 1.85 bits per heavy atom. The molecule has 2 heterocycles. The maximum absolute atomic E-state index is 14.1. The van der Waals surface area contributed by atoms with Crippen molar-refractivity contribution in [2.75, 3.05) is 11.1 Å². The van der Waals surface area contributed by atoms with Gasteiger partial charge in [-0.3, -0.25) is 0 Å². The normalized spacial score (nSPS) is 14.5. The van der Waals surface area contributed by atoms with Gasteiger partial charge in [-0.15, -0.1) is 5.10 Å². The average Bonchev–Trinajstić information content (AvgIpc) is 3.33. The van der Waals surface area contributed by atoms with E-state index in [4.69, 9.17) is 21.1 Å². The molecule has 0 saturated heterocycles. The van der Waals surface area contributed by atoms with Crippen molar-refractivity contribution in [1.82, 2.24) is 14.8 Å². The Hall–Kier alpha value is -3.82. The van der Waals surface area contributed by atoms with E-state index in [0.717, 1.165) is 16.9 Å². The Kier molecular flexibility index (Phi) is 8.18. The number of benzene rings is 3. The minimum Gasteiger partial charge on any atom is -0.489 e. The molecule has 39 heavy (non-hydrogen) atoms. The van der Waals surface area contributed by atoms with Crippen molar-refractivity contribution < 1.29 is 18.7 Å². The number of rotatable bonds is 9. The van der Waals surface area contributed by atoms with Crippen molar-refractivity contribution in [2.45, 2.75) is 38.3 Å². The van der Waals surface area contributed by atoms with E-state index in [-0.39, 0.29) is 18.8 Å². The molecule has 1 aromatic heterocycles. The minimum atomic E-state index is -0.571. The number of carbonyl (C=O) groups excluding carboxylic acids is 1. The zero-order valence-electron chi connectivity index (χ0n) is 21.4. The molecule has 7 nitrogen and oxygen atoms in total. The van der Waals surface area contributed by atoms with E-state index in [1.54, 1.807) is 28.9 Å². The zero-order chi connectivity index (χ0) is 27.4. The van der Waals surface area contributed by atoms with Gasteiger partial charge in [0.25, 0.3) is 0 Å². The van der Waals surface area contributed by atoms with Crippen LogP contribution >= 0.6 is 23.4 Å². The van der Waals surface area contributed by atoms with E-state index in [1.807, 2.05) is 56.3 Å². The van der Waals surface area contributed by atoms with Gasteiger partial charge in [0.1, 0.15) is 30.8 Å². The molecule has 0 spiro atoms. The Labute approximate surface area is 235 Å². The number of thioether (sulfide) groups is 1. The summed E-state index contributed by atoms with van der Waals surface area (Å²) >= 11 is 7.64. The highest BCUT2D eigenvalue weighted by atomic mass is 35.5. The quantitative estimate of drug-likeness (QED) is 0.177. The molecule has 1 atom stereocenters. The van der Waals surface area contributed by atoms with Crippen molar-refractivity contribution >= 4 is 35.3 Å². The molecule has 1 N–H and O–H groups in total. The van der Waals surface area contributed by atoms with Crippen molar-refractivity contribution in [2.24, 2.45) is 0 Å². The second-order valence-corrected chi connectivity index (χ2v) is 10.4. The topological polar surface area (TPSA) is 78.3 Å². The average molecular weight is 565 g/mol. The number of anilines is 1. The Balaban J connectivity index is 1.42. The van der Waals surface area contributed by atoms with Gasteiger partial charge in [-0.1, -0.05) is 78.8 Å². The fraction of sp³-hybridized carbons (Fsp3) is 0.207. The van der Waals surface area contributed by atoms with E-state index in [9.17, 15) is 9.18 Å². The van der Waals surface area contributed by atoms with Gasteiger partial charge in [0.05, 0.1) is 10.6 Å². The number of esters is 1. The Morgan fingerprint density at radius 1 is 1.08 bits per heavy atom. The summed E-state index contributed by atoms with van der Waals surface area (Å²) in [5.74, 6) is 1.01. The van der Waals surface area contributed by atoms with E-state index >= 15 is 0 Å².